The lowest BCUT2D eigenvalue weighted by atomic mass is 9.45. The van der Waals surface area contributed by atoms with E-state index in [1.54, 1.807) is 19.9 Å². The summed E-state index contributed by atoms with van der Waals surface area (Å²) in [5.41, 5.74) is -3.84. The van der Waals surface area contributed by atoms with Gasteiger partial charge in [0.25, 0.3) is 0 Å². The number of aliphatic hydroxyl groups is 2. The molecule has 0 spiro atoms. The molecule has 4 aliphatic carbocycles. The van der Waals surface area contributed by atoms with Crippen LogP contribution in [0.3, 0.4) is 0 Å². The number of hydrogen-bond donors (Lipinski definition) is 2. The predicted molar refractivity (Wildman–Crippen MR) is 94.2 cm³/mol. The van der Waals surface area contributed by atoms with E-state index in [0.717, 1.165) is 6.08 Å². The highest BCUT2D eigenvalue weighted by atomic mass is 19.1. The van der Waals surface area contributed by atoms with Gasteiger partial charge in [-0.1, -0.05) is 19.1 Å². The van der Waals surface area contributed by atoms with Gasteiger partial charge < -0.3 is 10.2 Å². The van der Waals surface area contributed by atoms with Gasteiger partial charge in [-0.15, -0.1) is 0 Å². The van der Waals surface area contributed by atoms with Gasteiger partial charge in [-0.2, -0.15) is 0 Å². The Hall–Kier alpha value is -1.66. The fourth-order valence-electron chi connectivity index (χ4n) is 6.29. The molecule has 2 fully saturated rings. The van der Waals surface area contributed by atoms with E-state index < -0.39 is 47.1 Å². The van der Waals surface area contributed by atoms with E-state index in [9.17, 15) is 19.8 Å². The molecule has 0 heterocycles. The zero-order valence-corrected chi connectivity index (χ0v) is 15.4. The number of Topliss-reactive ketones (excluding diaryl/α,β-unsaturated/α-hetero) is 1. The third kappa shape index (κ3) is 2.14. The first-order valence-electron chi connectivity index (χ1n) is 9.40. The Bertz CT molecular complexity index is 815. The van der Waals surface area contributed by atoms with E-state index >= 15 is 8.78 Å². The van der Waals surface area contributed by atoms with Gasteiger partial charge in [0.15, 0.2) is 17.2 Å². The standard InChI is InChI=1S/C21H24F2O4/c1-19-9-18(27)21(23)14(12(19)3-4-13(19)17(26)10-24)8-16(22)15-7-11(25)5-6-20(15,21)2/h4-7,12,14,16,18,24,27H,3,8-10H2,1-2H3/t12?,14-,16-,18-,19-,20-,21-/m0/s1. The number of carbonyl (C=O) groups excluding carboxylic acids is 2. The smallest absolute Gasteiger partial charge is 0.184 e. The number of halogens is 2. The number of ketones is 2. The number of carbonyl (C=O) groups is 2. The van der Waals surface area contributed by atoms with Gasteiger partial charge in [0.05, 0.1) is 6.10 Å². The van der Waals surface area contributed by atoms with Crippen molar-refractivity contribution in [1.29, 1.82) is 0 Å². The normalized spacial score (nSPS) is 48.3. The molecule has 146 valence electrons. The summed E-state index contributed by atoms with van der Waals surface area (Å²) in [4.78, 5) is 23.9. The summed E-state index contributed by atoms with van der Waals surface area (Å²) < 4.78 is 31.8. The Morgan fingerprint density at radius 3 is 2.70 bits per heavy atom. The van der Waals surface area contributed by atoms with Gasteiger partial charge in [0, 0.05) is 16.7 Å². The monoisotopic (exact) mass is 378 g/mol. The van der Waals surface area contributed by atoms with Crippen molar-refractivity contribution in [3.05, 3.63) is 35.5 Å². The Balaban J connectivity index is 1.82. The average molecular weight is 378 g/mol. The largest absolute Gasteiger partial charge is 0.390 e. The van der Waals surface area contributed by atoms with E-state index in [1.807, 2.05) is 0 Å². The third-order valence-electron chi connectivity index (χ3n) is 7.65. The van der Waals surface area contributed by atoms with Crippen molar-refractivity contribution in [2.24, 2.45) is 22.7 Å². The van der Waals surface area contributed by atoms with Crippen molar-refractivity contribution in [3.63, 3.8) is 0 Å². The molecule has 4 aliphatic rings. The van der Waals surface area contributed by atoms with Crippen molar-refractivity contribution in [3.8, 4) is 0 Å². The fraction of sp³-hybridized carbons (Fsp3) is 0.619. The Labute approximate surface area is 156 Å². The molecule has 27 heavy (non-hydrogen) atoms. The molecule has 2 saturated carbocycles. The number of alkyl halides is 2. The minimum absolute atomic E-state index is 0.0177. The summed E-state index contributed by atoms with van der Waals surface area (Å²) in [5, 5.41) is 20.2. The van der Waals surface area contributed by atoms with Gasteiger partial charge in [0.2, 0.25) is 0 Å². The van der Waals surface area contributed by atoms with Crippen LogP contribution in [0.4, 0.5) is 8.78 Å². The molecule has 6 heteroatoms. The Morgan fingerprint density at radius 2 is 2.04 bits per heavy atom. The molecule has 4 nitrogen and oxygen atoms in total. The maximum absolute atomic E-state index is 16.7. The quantitative estimate of drug-likeness (QED) is 0.774. The lowest BCUT2D eigenvalue weighted by Gasteiger charge is -2.62. The van der Waals surface area contributed by atoms with Crippen LogP contribution in [-0.4, -0.2) is 46.3 Å². The minimum atomic E-state index is -2.13. The van der Waals surface area contributed by atoms with E-state index in [1.165, 1.54) is 12.2 Å². The Morgan fingerprint density at radius 1 is 1.33 bits per heavy atom. The fourth-order valence-corrected chi connectivity index (χ4v) is 6.29. The number of aliphatic hydroxyl groups excluding tert-OH is 2. The highest BCUT2D eigenvalue weighted by Gasteiger charge is 2.71. The SMILES string of the molecule is C[C@]12C=CC(=O)C=C1[C@@H](F)C[C@H]1C3CC=C(C(=O)CO)[C@@]3(C)C[C@H](O)[C@@]12F. The first kappa shape index (κ1) is 18.7. The van der Waals surface area contributed by atoms with Crippen LogP contribution in [0.25, 0.3) is 0 Å². The lowest BCUT2D eigenvalue weighted by Crippen LogP contribution is -2.68. The van der Waals surface area contributed by atoms with Crippen LogP contribution in [0.1, 0.15) is 33.1 Å². The molecule has 0 aliphatic heterocycles. The van der Waals surface area contributed by atoms with Crippen molar-refractivity contribution in [2.75, 3.05) is 6.61 Å². The van der Waals surface area contributed by atoms with Gasteiger partial charge in [-0.05, 0) is 55.4 Å². The van der Waals surface area contributed by atoms with Crippen LogP contribution in [-0.2, 0) is 9.59 Å². The first-order valence-corrected chi connectivity index (χ1v) is 9.40. The minimum Gasteiger partial charge on any atom is -0.390 e. The van der Waals surface area contributed by atoms with Crippen molar-refractivity contribution in [1.82, 2.24) is 0 Å². The van der Waals surface area contributed by atoms with Gasteiger partial charge in [0.1, 0.15) is 12.8 Å². The zero-order chi connectivity index (χ0) is 19.8. The molecule has 4 rings (SSSR count). The van der Waals surface area contributed by atoms with Crippen molar-refractivity contribution >= 4 is 11.6 Å². The number of hydrogen-bond acceptors (Lipinski definition) is 4. The molecule has 7 atom stereocenters. The molecule has 1 unspecified atom stereocenters. The molecule has 0 aromatic heterocycles. The van der Waals surface area contributed by atoms with E-state index in [2.05, 4.69) is 0 Å². The maximum atomic E-state index is 16.7. The van der Waals surface area contributed by atoms with Gasteiger partial charge >= 0.3 is 0 Å². The molecule has 2 N–H and O–H groups in total. The van der Waals surface area contributed by atoms with Crippen LogP contribution < -0.4 is 0 Å². The second-order valence-corrected chi connectivity index (χ2v) is 8.79. The van der Waals surface area contributed by atoms with Crippen LogP contribution in [0.5, 0.6) is 0 Å². The average Bonchev–Trinajstić information content (AvgIpc) is 2.95. The molecular formula is C21H24F2O4. The first-order chi connectivity index (χ1) is 12.6. The lowest BCUT2D eigenvalue weighted by molar-refractivity contribution is -0.192. The maximum Gasteiger partial charge on any atom is 0.184 e. The molecule has 0 bridgehead atoms. The molecule has 0 aromatic rings. The molecule has 0 radical (unpaired) electrons. The second-order valence-electron chi connectivity index (χ2n) is 8.79. The number of rotatable bonds is 2. The Kier molecular flexibility index (Phi) is 3.93. The highest BCUT2D eigenvalue weighted by molar-refractivity contribution is 6.01. The highest BCUT2D eigenvalue weighted by Crippen LogP contribution is 2.68. The molecule has 0 aromatic carbocycles. The molecule has 0 saturated heterocycles. The van der Waals surface area contributed by atoms with Gasteiger partial charge in [-0.25, -0.2) is 8.78 Å². The zero-order valence-electron chi connectivity index (χ0n) is 15.4. The molecule has 0 amide bonds. The number of allylic oxidation sites excluding steroid dienone is 5. The van der Waals surface area contributed by atoms with E-state index in [4.69, 9.17) is 0 Å². The van der Waals surface area contributed by atoms with Crippen LogP contribution in [0.2, 0.25) is 0 Å². The number of fused-ring (bicyclic) bond motifs is 5. The summed E-state index contributed by atoms with van der Waals surface area (Å²) in [5.74, 6) is -1.96. The summed E-state index contributed by atoms with van der Waals surface area (Å²) in [6.45, 7) is 2.71. The van der Waals surface area contributed by atoms with Crippen LogP contribution in [0.15, 0.2) is 35.5 Å². The topological polar surface area (TPSA) is 74.6 Å². The van der Waals surface area contributed by atoms with E-state index in [0.29, 0.717) is 12.0 Å². The van der Waals surface area contributed by atoms with Crippen molar-refractivity contribution < 1.29 is 28.6 Å². The summed E-state index contributed by atoms with van der Waals surface area (Å²) in [7, 11) is 0. The second kappa shape index (κ2) is 5.67. The van der Waals surface area contributed by atoms with Crippen molar-refractivity contribution in [2.45, 2.75) is 51.1 Å². The van der Waals surface area contributed by atoms with Crippen LogP contribution in [0, 0.1) is 22.7 Å². The molecular weight excluding hydrogens is 354 g/mol. The predicted octanol–water partition coefficient (Wildman–Crippen LogP) is 2.40. The third-order valence-corrected chi connectivity index (χ3v) is 7.65. The van der Waals surface area contributed by atoms with Gasteiger partial charge in [-0.3, -0.25) is 9.59 Å². The summed E-state index contributed by atoms with van der Waals surface area (Å²) in [6.07, 6.45) is 2.91. The summed E-state index contributed by atoms with van der Waals surface area (Å²) in [6, 6.07) is 0. The summed E-state index contributed by atoms with van der Waals surface area (Å²) >= 11 is 0. The van der Waals surface area contributed by atoms with E-state index in [-0.39, 0.29) is 30.1 Å². The van der Waals surface area contributed by atoms with Crippen LogP contribution >= 0.6 is 0 Å².